The van der Waals surface area contributed by atoms with Gasteiger partial charge in [0.25, 0.3) is 0 Å². The first kappa shape index (κ1) is 18.9. The van der Waals surface area contributed by atoms with Crippen molar-refractivity contribution >= 4 is 28.4 Å². The van der Waals surface area contributed by atoms with Crippen molar-refractivity contribution in [1.82, 2.24) is 0 Å². The van der Waals surface area contributed by atoms with E-state index in [0.29, 0.717) is 11.4 Å². The molecule has 1 heterocycles. The molecule has 1 saturated heterocycles. The van der Waals surface area contributed by atoms with Crippen LogP contribution in [0.3, 0.4) is 0 Å². The smallest absolute Gasteiger partial charge is 0.125 e. The summed E-state index contributed by atoms with van der Waals surface area (Å²) in [6, 6.07) is 19.8. The third-order valence-electron chi connectivity index (χ3n) is 4.86. The lowest BCUT2D eigenvalue weighted by molar-refractivity contribution is 0.628. The molecule has 0 radical (unpaired) electrons. The Morgan fingerprint density at radius 3 is 2.10 bits per heavy atom. The largest absolute Gasteiger partial charge is 0.372 e. The molecular formula is C23H22FN5. The first-order valence-electron chi connectivity index (χ1n) is 9.72. The van der Waals surface area contributed by atoms with Gasteiger partial charge < -0.3 is 4.90 Å². The number of azo groups is 2. The first-order chi connectivity index (χ1) is 14.2. The lowest BCUT2D eigenvalue weighted by atomic mass is 10.2. The topological polar surface area (TPSA) is 52.7 Å². The predicted molar refractivity (Wildman–Crippen MR) is 114 cm³/mol. The van der Waals surface area contributed by atoms with Crippen LogP contribution in [0.5, 0.6) is 0 Å². The van der Waals surface area contributed by atoms with Crippen molar-refractivity contribution in [3.8, 4) is 0 Å². The second kappa shape index (κ2) is 8.73. The van der Waals surface area contributed by atoms with Crippen LogP contribution < -0.4 is 4.90 Å². The molecule has 6 heteroatoms. The van der Waals surface area contributed by atoms with Crippen LogP contribution >= 0.6 is 0 Å². The molecule has 5 nitrogen and oxygen atoms in total. The fourth-order valence-electron chi connectivity index (χ4n) is 3.28. The Bertz CT molecular complexity index is 1040. The molecule has 3 aromatic carbocycles. The maximum absolute atomic E-state index is 13.2. The molecular weight excluding hydrogens is 365 g/mol. The van der Waals surface area contributed by atoms with E-state index >= 15 is 0 Å². The number of hydrogen-bond donors (Lipinski definition) is 0. The van der Waals surface area contributed by atoms with Crippen LogP contribution in [0.15, 0.2) is 87.2 Å². The van der Waals surface area contributed by atoms with E-state index in [2.05, 4.69) is 37.5 Å². The van der Waals surface area contributed by atoms with E-state index in [1.54, 1.807) is 12.1 Å². The van der Waals surface area contributed by atoms with Crippen molar-refractivity contribution in [3.05, 3.63) is 78.1 Å². The summed E-state index contributed by atoms with van der Waals surface area (Å²) >= 11 is 0. The Labute approximate surface area is 169 Å². The molecule has 1 fully saturated rings. The number of rotatable bonds is 5. The van der Waals surface area contributed by atoms with Crippen LogP contribution in [0.2, 0.25) is 0 Å². The molecule has 1 aliphatic heterocycles. The van der Waals surface area contributed by atoms with Crippen molar-refractivity contribution in [3.63, 3.8) is 0 Å². The van der Waals surface area contributed by atoms with Gasteiger partial charge in [-0.15, -0.1) is 0 Å². The second-order valence-electron chi connectivity index (χ2n) is 7.06. The standard InChI is InChI=1S/C23H22FN5/c1-17-15-21(9-12-23(17)28-27-20-6-4-5-18(24)16-20)26-25-19-7-10-22(11-8-19)29-13-2-3-14-29/h4-12,15-16H,2-3,13-14H2,1H3. The van der Waals surface area contributed by atoms with E-state index in [0.717, 1.165) is 30.0 Å². The molecule has 0 unspecified atom stereocenters. The Balaban J connectivity index is 1.43. The van der Waals surface area contributed by atoms with Crippen LogP contribution in [0.4, 0.5) is 32.8 Å². The second-order valence-corrected chi connectivity index (χ2v) is 7.06. The van der Waals surface area contributed by atoms with Crippen molar-refractivity contribution in [2.24, 2.45) is 20.5 Å². The van der Waals surface area contributed by atoms with Crippen molar-refractivity contribution in [2.45, 2.75) is 19.8 Å². The van der Waals surface area contributed by atoms with Crippen LogP contribution in [0, 0.1) is 12.7 Å². The first-order valence-corrected chi connectivity index (χ1v) is 9.72. The van der Waals surface area contributed by atoms with Crippen LogP contribution in [-0.4, -0.2) is 13.1 Å². The summed E-state index contributed by atoms with van der Waals surface area (Å²) in [5.74, 6) is -0.331. The van der Waals surface area contributed by atoms with E-state index in [9.17, 15) is 4.39 Å². The minimum absolute atomic E-state index is 0.331. The molecule has 0 atom stereocenters. The lowest BCUT2D eigenvalue weighted by Crippen LogP contribution is -2.17. The SMILES string of the molecule is Cc1cc(N=Nc2ccc(N3CCCC3)cc2)ccc1N=Nc1cccc(F)c1. The van der Waals surface area contributed by atoms with Gasteiger partial charge in [-0.2, -0.15) is 20.5 Å². The molecule has 0 aliphatic carbocycles. The van der Waals surface area contributed by atoms with Gasteiger partial charge in [0.15, 0.2) is 0 Å². The molecule has 0 saturated carbocycles. The van der Waals surface area contributed by atoms with Gasteiger partial charge in [-0.3, -0.25) is 0 Å². The van der Waals surface area contributed by atoms with Crippen molar-refractivity contribution in [1.29, 1.82) is 0 Å². The Hall–Kier alpha value is -3.41. The van der Waals surface area contributed by atoms with Gasteiger partial charge in [0, 0.05) is 24.8 Å². The van der Waals surface area contributed by atoms with Crippen LogP contribution in [0.25, 0.3) is 0 Å². The van der Waals surface area contributed by atoms with Gasteiger partial charge >= 0.3 is 0 Å². The maximum Gasteiger partial charge on any atom is 0.125 e. The average Bonchev–Trinajstić information content (AvgIpc) is 3.27. The quantitative estimate of drug-likeness (QED) is 0.417. The number of nitrogens with zero attached hydrogens (tertiary/aromatic N) is 5. The summed E-state index contributed by atoms with van der Waals surface area (Å²) in [5, 5.41) is 16.9. The van der Waals surface area contributed by atoms with Gasteiger partial charge in [0.1, 0.15) is 5.82 Å². The molecule has 1 aliphatic rings. The minimum Gasteiger partial charge on any atom is -0.372 e. The molecule has 0 aromatic heterocycles. The van der Waals surface area contributed by atoms with Gasteiger partial charge in [-0.1, -0.05) is 6.07 Å². The van der Waals surface area contributed by atoms with Crippen molar-refractivity contribution in [2.75, 3.05) is 18.0 Å². The summed E-state index contributed by atoms with van der Waals surface area (Å²) in [6.45, 7) is 4.19. The number of benzene rings is 3. The number of halogens is 1. The fraction of sp³-hybridized carbons (Fsp3) is 0.217. The zero-order chi connectivity index (χ0) is 20.1. The molecule has 3 aromatic rings. The van der Waals surface area contributed by atoms with E-state index in [4.69, 9.17) is 0 Å². The predicted octanol–water partition coefficient (Wildman–Crippen LogP) is 7.57. The third kappa shape index (κ3) is 4.90. The highest BCUT2D eigenvalue weighted by atomic mass is 19.1. The fourth-order valence-corrected chi connectivity index (χ4v) is 3.28. The molecule has 0 amide bonds. The van der Waals surface area contributed by atoms with Gasteiger partial charge in [0.2, 0.25) is 0 Å². The monoisotopic (exact) mass is 387 g/mol. The maximum atomic E-state index is 13.2. The van der Waals surface area contributed by atoms with E-state index in [1.165, 1.54) is 30.7 Å². The summed E-state index contributed by atoms with van der Waals surface area (Å²) in [6.07, 6.45) is 2.53. The molecule has 4 rings (SSSR count). The van der Waals surface area contributed by atoms with E-state index in [-0.39, 0.29) is 5.82 Å². The Morgan fingerprint density at radius 1 is 0.724 bits per heavy atom. The van der Waals surface area contributed by atoms with Crippen molar-refractivity contribution < 1.29 is 4.39 Å². The van der Waals surface area contributed by atoms with E-state index in [1.807, 2.05) is 37.3 Å². The van der Waals surface area contributed by atoms with Gasteiger partial charge in [-0.05, 0) is 79.9 Å². The van der Waals surface area contributed by atoms with Gasteiger partial charge in [0.05, 0.1) is 22.7 Å². The normalized spacial score (nSPS) is 14.3. The molecule has 29 heavy (non-hydrogen) atoms. The number of anilines is 1. The number of hydrogen-bond acceptors (Lipinski definition) is 5. The average molecular weight is 387 g/mol. The molecule has 0 bridgehead atoms. The zero-order valence-electron chi connectivity index (χ0n) is 16.3. The highest BCUT2D eigenvalue weighted by molar-refractivity contribution is 5.55. The highest BCUT2D eigenvalue weighted by Crippen LogP contribution is 2.28. The summed E-state index contributed by atoms with van der Waals surface area (Å²) in [7, 11) is 0. The van der Waals surface area contributed by atoms with Crippen LogP contribution in [0.1, 0.15) is 18.4 Å². The number of aryl methyl sites for hydroxylation is 1. The highest BCUT2D eigenvalue weighted by Gasteiger charge is 2.11. The Kier molecular flexibility index (Phi) is 5.70. The third-order valence-corrected chi connectivity index (χ3v) is 4.86. The summed E-state index contributed by atoms with van der Waals surface area (Å²) in [5.41, 5.74) is 4.92. The molecule has 146 valence electrons. The van der Waals surface area contributed by atoms with E-state index < -0.39 is 0 Å². The summed E-state index contributed by atoms with van der Waals surface area (Å²) < 4.78 is 13.2. The molecule has 0 N–H and O–H groups in total. The zero-order valence-corrected chi connectivity index (χ0v) is 16.3. The van der Waals surface area contributed by atoms with Crippen LogP contribution in [-0.2, 0) is 0 Å². The Morgan fingerprint density at radius 2 is 1.38 bits per heavy atom. The lowest BCUT2D eigenvalue weighted by Gasteiger charge is -2.17. The summed E-state index contributed by atoms with van der Waals surface area (Å²) in [4.78, 5) is 2.39. The minimum atomic E-state index is -0.331. The van der Waals surface area contributed by atoms with Gasteiger partial charge in [-0.25, -0.2) is 4.39 Å². The molecule has 0 spiro atoms.